The van der Waals surface area contributed by atoms with Gasteiger partial charge in [0, 0.05) is 19.2 Å². The third-order valence-corrected chi connectivity index (χ3v) is 3.72. The zero-order valence-corrected chi connectivity index (χ0v) is 13.3. The maximum atomic E-state index is 12.5. The molecule has 0 unspecified atom stereocenters. The number of carbonyl (C=O) groups is 2. The van der Waals surface area contributed by atoms with Gasteiger partial charge in [0.15, 0.2) is 11.5 Å². The Morgan fingerprint density at radius 2 is 2.29 bits per heavy atom. The third kappa shape index (κ3) is 2.83. The van der Waals surface area contributed by atoms with Crippen LogP contribution in [0, 0.1) is 6.92 Å². The summed E-state index contributed by atoms with van der Waals surface area (Å²) in [5, 5.41) is 12.0. The molecule has 0 spiro atoms. The SMILES string of the molecule is COC(=O)C1=C(Nc2ccc3oc(C)nc3c2)C(=O)N(CCO)C1. The molecule has 126 valence electrons. The summed E-state index contributed by atoms with van der Waals surface area (Å²) in [5.41, 5.74) is 2.27. The maximum Gasteiger partial charge on any atom is 0.337 e. The van der Waals surface area contributed by atoms with Crippen molar-refractivity contribution in [1.82, 2.24) is 9.88 Å². The minimum Gasteiger partial charge on any atom is -0.466 e. The third-order valence-electron chi connectivity index (χ3n) is 3.72. The van der Waals surface area contributed by atoms with Crippen molar-refractivity contribution in [3.63, 3.8) is 0 Å². The number of amides is 1. The molecule has 0 aliphatic carbocycles. The number of nitrogens with one attached hydrogen (secondary N) is 1. The van der Waals surface area contributed by atoms with E-state index in [0.717, 1.165) is 0 Å². The lowest BCUT2D eigenvalue weighted by Gasteiger charge is -2.14. The Hall–Kier alpha value is -2.87. The van der Waals surface area contributed by atoms with Crippen LogP contribution < -0.4 is 5.32 Å². The number of nitrogens with zero attached hydrogens (tertiary/aromatic N) is 2. The summed E-state index contributed by atoms with van der Waals surface area (Å²) in [6, 6.07) is 5.20. The summed E-state index contributed by atoms with van der Waals surface area (Å²) < 4.78 is 10.2. The first kappa shape index (κ1) is 16.0. The van der Waals surface area contributed by atoms with E-state index in [0.29, 0.717) is 22.7 Å². The molecule has 2 N–H and O–H groups in total. The molecule has 1 amide bonds. The number of ether oxygens (including phenoxy) is 1. The van der Waals surface area contributed by atoms with Crippen molar-refractivity contribution in [2.24, 2.45) is 0 Å². The number of esters is 1. The summed E-state index contributed by atoms with van der Waals surface area (Å²) >= 11 is 0. The van der Waals surface area contributed by atoms with E-state index in [1.165, 1.54) is 12.0 Å². The second-order valence-corrected chi connectivity index (χ2v) is 5.34. The lowest BCUT2D eigenvalue weighted by Crippen LogP contribution is -2.31. The number of β-amino-alcohol motifs (C(OH)–C–C–N with tert-alkyl or cyclic N) is 1. The summed E-state index contributed by atoms with van der Waals surface area (Å²) in [6.45, 7) is 1.81. The minimum absolute atomic E-state index is 0.0969. The molecular weight excluding hydrogens is 314 g/mol. The standard InChI is InChI=1S/C16H17N3O5/c1-9-17-12-7-10(3-4-13(12)24-9)18-14-11(16(22)23-2)8-19(5-6-20)15(14)21/h3-4,7,18,20H,5-6,8H2,1-2H3. The highest BCUT2D eigenvalue weighted by atomic mass is 16.5. The quantitative estimate of drug-likeness (QED) is 0.781. The molecular formula is C16H17N3O5. The number of anilines is 1. The number of carbonyl (C=O) groups excluding carboxylic acids is 2. The number of aromatic nitrogens is 1. The van der Waals surface area contributed by atoms with Gasteiger partial charge in [-0.15, -0.1) is 0 Å². The van der Waals surface area contributed by atoms with Gasteiger partial charge < -0.3 is 24.5 Å². The van der Waals surface area contributed by atoms with E-state index in [1.807, 2.05) is 0 Å². The Balaban J connectivity index is 1.93. The molecule has 0 bridgehead atoms. The molecule has 2 heterocycles. The van der Waals surface area contributed by atoms with Crippen LogP contribution in [0.2, 0.25) is 0 Å². The van der Waals surface area contributed by atoms with Crippen LogP contribution in [-0.4, -0.2) is 53.7 Å². The summed E-state index contributed by atoms with van der Waals surface area (Å²) in [6.07, 6.45) is 0. The number of aliphatic hydroxyl groups excluding tert-OH is 1. The maximum absolute atomic E-state index is 12.5. The summed E-state index contributed by atoms with van der Waals surface area (Å²) in [5.74, 6) is -0.395. The van der Waals surface area contributed by atoms with Crippen LogP contribution in [0.1, 0.15) is 5.89 Å². The Morgan fingerprint density at radius 1 is 1.50 bits per heavy atom. The number of oxazole rings is 1. The van der Waals surface area contributed by atoms with Crippen molar-refractivity contribution in [1.29, 1.82) is 0 Å². The average Bonchev–Trinajstić information content (AvgIpc) is 3.08. The Bertz CT molecular complexity index is 839. The second-order valence-electron chi connectivity index (χ2n) is 5.34. The molecule has 8 heteroatoms. The van der Waals surface area contributed by atoms with Crippen LogP contribution in [-0.2, 0) is 14.3 Å². The van der Waals surface area contributed by atoms with E-state index in [2.05, 4.69) is 10.3 Å². The summed E-state index contributed by atoms with van der Waals surface area (Å²) in [7, 11) is 1.26. The van der Waals surface area contributed by atoms with Crippen LogP contribution in [0.5, 0.6) is 0 Å². The first-order valence-corrected chi connectivity index (χ1v) is 7.39. The molecule has 1 aliphatic rings. The lowest BCUT2D eigenvalue weighted by atomic mass is 10.2. The van der Waals surface area contributed by atoms with Gasteiger partial charge in [-0.2, -0.15) is 0 Å². The van der Waals surface area contributed by atoms with E-state index in [1.54, 1.807) is 25.1 Å². The van der Waals surface area contributed by atoms with Crippen LogP contribution in [0.15, 0.2) is 33.9 Å². The van der Waals surface area contributed by atoms with Gasteiger partial charge in [-0.25, -0.2) is 9.78 Å². The Morgan fingerprint density at radius 3 is 3.00 bits per heavy atom. The van der Waals surface area contributed by atoms with Gasteiger partial charge in [0.2, 0.25) is 0 Å². The fourth-order valence-corrected chi connectivity index (χ4v) is 2.61. The van der Waals surface area contributed by atoms with Crippen molar-refractivity contribution in [2.75, 3.05) is 32.1 Å². The fraction of sp³-hybridized carbons (Fsp3) is 0.312. The number of aryl methyl sites for hydroxylation is 1. The Kier molecular flexibility index (Phi) is 4.22. The van der Waals surface area contributed by atoms with Crippen LogP contribution >= 0.6 is 0 Å². The monoisotopic (exact) mass is 331 g/mol. The Labute approximate surface area is 137 Å². The first-order chi connectivity index (χ1) is 11.5. The number of hydrogen-bond acceptors (Lipinski definition) is 7. The number of hydrogen-bond donors (Lipinski definition) is 2. The first-order valence-electron chi connectivity index (χ1n) is 7.39. The topological polar surface area (TPSA) is 105 Å². The average molecular weight is 331 g/mol. The van der Waals surface area contributed by atoms with Crippen molar-refractivity contribution in [3.05, 3.63) is 35.4 Å². The molecule has 1 aliphatic heterocycles. The highest BCUT2D eigenvalue weighted by molar-refractivity contribution is 6.08. The fourth-order valence-electron chi connectivity index (χ4n) is 2.61. The van der Waals surface area contributed by atoms with Gasteiger partial charge in [0.05, 0.1) is 25.8 Å². The number of aliphatic hydroxyl groups is 1. The molecule has 24 heavy (non-hydrogen) atoms. The van der Waals surface area contributed by atoms with Crippen LogP contribution in [0.25, 0.3) is 11.1 Å². The normalized spacial score (nSPS) is 14.6. The van der Waals surface area contributed by atoms with Gasteiger partial charge in [0.1, 0.15) is 11.2 Å². The molecule has 0 saturated carbocycles. The van der Waals surface area contributed by atoms with Gasteiger partial charge in [-0.05, 0) is 18.2 Å². The van der Waals surface area contributed by atoms with E-state index >= 15 is 0 Å². The lowest BCUT2D eigenvalue weighted by molar-refractivity contribution is -0.136. The van der Waals surface area contributed by atoms with Gasteiger partial charge >= 0.3 is 5.97 Å². The molecule has 1 aromatic heterocycles. The number of fused-ring (bicyclic) bond motifs is 1. The van der Waals surface area contributed by atoms with Crippen molar-refractivity contribution in [3.8, 4) is 0 Å². The molecule has 2 aromatic rings. The predicted molar refractivity (Wildman–Crippen MR) is 85.1 cm³/mol. The van der Waals surface area contributed by atoms with Gasteiger partial charge in [-0.3, -0.25) is 4.79 Å². The van der Waals surface area contributed by atoms with E-state index in [4.69, 9.17) is 14.3 Å². The zero-order valence-electron chi connectivity index (χ0n) is 13.3. The van der Waals surface area contributed by atoms with Crippen LogP contribution in [0.3, 0.4) is 0 Å². The molecule has 0 atom stereocenters. The van der Waals surface area contributed by atoms with E-state index in [-0.39, 0.29) is 36.9 Å². The minimum atomic E-state index is -0.579. The highest BCUT2D eigenvalue weighted by Crippen LogP contribution is 2.25. The summed E-state index contributed by atoms with van der Waals surface area (Å²) in [4.78, 5) is 30.0. The van der Waals surface area contributed by atoms with Crippen molar-refractivity contribution in [2.45, 2.75) is 6.92 Å². The smallest absolute Gasteiger partial charge is 0.337 e. The zero-order chi connectivity index (χ0) is 17.3. The number of rotatable bonds is 5. The van der Waals surface area contributed by atoms with Gasteiger partial charge in [0.25, 0.3) is 5.91 Å². The largest absolute Gasteiger partial charge is 0.466 e. The van der Waals surface area contributed by atoms with E-state index < -0.39 is 5.97 Å². The molecule has 8 nitrogen and oxygen atoms in total. The number of benzene rings is 1. The van der Waals surface area contributed by atoms with Crippen LogP contribution in [0.4, 0.5) is 5.69 Å². The molecule has 1 aromatic carbocycles. The molecule has 0 radical (unpaired) electrons. The predicted octanol–water partition coefficient (Wildman–Crippen LogP) is 0.810. The highest BCUT2D eigenvalue weighted by Gasteiger charge is 2.34. The molecule has 0 fully saturated rings. The second kappa shape index (κ2) is 6.32. The molecule has 0 saturated heterocycles. The van der Waals surface area contributed by atoms with E-state index in [9.17, 15) is 9.59 Å². The number of methoxy groups -OCH3 is 1. The van der Waals surface area contributed by atoms with Crippen molar-refractivity contribution >= 4 is 28.7 Å². The molecule has 3 rings (SSSR count). The van der Waals surface area contributed by atoms with Gasteiger partial charge in [-0.1, -0.05) is 0 Å². The van der Waals surface area contributed by atoms with Crippen molar-refractivity contribution < 1.29 is 23.8 Å².